The minimum Gasteiger partial charge on any atom is -0.321 e. The van der Waals surface area contributed by atoms with Crippen molar-refractivity contribution in [3.8, 4) is 0 Å². The van der Waals surface area contributed by atoms with Crippen molar-refractivity contribution < 1.29 is 9.59 Å². The molecule has 3 aromatic rings. The van der Waals surface area contributed by atoms with Gasteiger partial charge in [-0.3, -0.25) is 9.59 Å². The second kappa shape index (κ2) is 10.3. The van der Waals surface area contributed by atoms with Gasteiger partial charge in [-0.05, 0) is 67.3 Å². The number of nitrogens with one attached hydrogen (secondary N) is 2. The Kier molecular flexibility index (Phi) is 7.49. The molecule has 3 aromatic carbocycles. The minimum absolute atomic E-state index is 0.164. The average Bonchev–Trinajstić information content (AvgIpc) is 2.74. The molecule has 152 valence electrons. The normalized spacial score (nSPS) is 11.1. The van der Waals surface area contributed by atoms with E-state index in [0.29, 0.717) is 11.3 Å². The number of benzene rings is 3. The van der Waals surface area contributed by atoms with Gasteiger partial charge in [-0.15, -0.1) is 11.8 Å². The smallest absolute Gasteiger partial charge is 0.272 e. The van der Waals surface area contributed by atoms with Gasteiger partial charge in [0.1, 0.15) is 5.70 Å². The third kappa shape index (κ3) is 6.08. The van der Waals surface area contributed by atoms with Crippen molar-refractivity contribution in [2.45, 2.75) is 11.8 Å². The van der Waals surface area contributed by atoms with Crippen LogP contribution in [0.5, 0.6) is 0 Å². The van der Waals surface area contributed by atoms with E-state index in [1.165, 1.54) is 0 Å². The number of hydrogen-bond donors (Lipinski definition) is 2. The summed E-state index contributed by atoms with van der Waals surface area (Å²) in [7, 11) is 0. The molecular weight excluding hydrogens is 460 g/mol. The van der Waals surface area contributed by atoms with Gasteiger partial charge in [0.05, 0.1) is 0 Å². The first-order valence-electron chi connectivity index (χ1n) is 9.25. The summed E-state index contributed by atoms with van der Waals surface area (Å²) in [6, 6.07) is 22.3. The average molecular weight is 481 g/mol. The van der Waals surface area contributed by atoms with E-state index >= 15 is 0 Å². The van der Waals surface area contributed by atoms with E-state index in [-0.39, 0.29) is 11.6 Å². The topological polar surface area (TPSA) is 58.2 Å². The Balaban J connectivity index is 1.88. The largest absolute Gasteiger partial charge is 0.321 e. The number of halogens is 1. The molecule has 0 aliphatic carbocycles. The lowest BCUT2D eigenvalue weighted by atomic mass is 10.1. The number of carbonyl (C=O) groups is 2. The molecule has 30 heavy (non-hydrogen) atoms. The zero-order valence-electron chi connectivity index (χ0n) is 16.6. The number of hydrogen-bond acceptors (Lipinski definition) is 3. The maximum atomic E-state index is 13.0. The first-order chi connectivity index (χ1) is 14.4. The Labute approximate surface area is 188 Å². The van der Waals surface area contributed by atoms with Gasteiger partial charge >= 0.3 is 0 Å². The molecule has 0 spiro atoms. The fraction of sp³-hybridized carbons (Fsp3) is 0.0833. The summed E-state index contributed by atoms with van der Waals surface area (Å²) in [5.74, 6) is -0.742. The summed E-state index contributed by atoms with van der Waals surface area (Å²) < 4.78 is 0.849. The molecule has 2 amide bonds. The van der Waals surface area contributed by atoms with Crippen LogP contribution in [0.1, 0.15) is 21.5 Å². The molecule has 0 heterocycles. The van der Waals surface area contributed by atoms with Crippen molar-refractivity contribution in [3.63, 3.8) is 0 Å². The van der Waals surface area contributed by atoms with Crippen molar-refractivity contribution in [1.29, 1.82) is 0 Å². The van der Waals surface area contributed by atoms with Crippen molar-refractivity contribution in [1.82, 2.24) is 5.32 Å². The molecule has 0 aliphatic rings. The predicted octanol–water partition coefficient (Wildman–Crippen LogP) is 5.89. The molecule has 0 aromatic heterocycles. The van der Waals surface area contributed by atoms with Crippen LogP contribution in [0.3, 0.4) is 0 Å². The molecule has 6 heteroatoms. The van der Waals surface area contributed by atoms with Gasteiger partial charge in [0.15, 0.2) is 0 Å². The van der Waals surface area contributed by atoms with E-state index in [9.17, 15) is 9.59 Å². The van der Waals surface area contributed by atoms with Gasteiger partial charge in [0, 0.05) is 20.6 Å². The highest BCUT2D eigenvalue weighted by Crippen LogP contribution is 2.18. The number of anilines is 1. The number of amides is 2. The van der Waals surface area contributed by atoms with Crippen LogP contribution in [0.15, 0.2) is 87.9 Å². The zero-order valence-corrected chi connectivity index (χ0v) is 19.0. The Hall–Kier alpha value is -2.83. The van der Waals surface area contributed by atoms with Gasteiger partial charge in [-0.1, -0.05) is 51.8 Å². The van der Waals surface area contributed by atoms with Crippen LogP contribution < -0.4 is 10.6 Å². The van der Waals surface area contributed by atoms with Gasteiger partial charge in [-0.2, -0.15) is 0 Å². The first kappa shape index (κ1) is 21.9. The first-order valence-corrected chi connectivity index (χ1v) is 11.3. The second-order valence-corrected chi connectivity index (χ2v) is 8.41. The quantitative estimate of drug-likeness (QED) is 0.341. The van der Waals surface area contributed by atoms with Crippen molar-refractivity contribution in [2.75, 3.05) is 11.6 Å². The maximum absolute atomic E-state index is 13.0. The van der Waals surface area contributed by atoms with Crippen LogP contribution >= 0.6 is 27.7 Å². The fourth-order valence-electron chi connectivity index (χ4n) is 2.69. The van der Waals surface area contributed by atoms with E-state index in [1.807, 2.05) is 61.7 Å². The molecule has 0 radical (unpaired) electrons. The Bertz CT molecular complexity index is 1080. The number of aryl methyl sites for hydroxylation is 1. The summed E-state index contributed by atoms with van der Waals surface area (Å²) in [5, 5.41) is 5.59. The van der Waals surface area contributed by atoms with Crippen LogP contribution in [0.4, 0.5) is 5.69 Å². The predicted molar refractivity (Wildman–Crippen MR) is 128 cm³/mol. The summed E-state index contributed by atoms with van der Waals surface area (Å²) in [4.78, 5) is 26.8. The lowest BCUT2D eigenvalue weighted by Crippen LogP contribution is -2.30. The van der Waals surface area contributed by atoms with Crippen molar-refractivity contribution in [3.05, 3.63) is 99.7 Å². The van der Waals surface area contributed by atoms with Crippen molar-refractivity contribution in [2.24, 2.45) is 0 Å². The summed E-state index contributed by atoms with van der Waals surface area (Å²) in [6.07, 6.45) is 3.67. The number of carbonyl (C=O) groups excluding carboxylic acids is 2. The molecular formula is C24H21BrN2O2S. The molecule has 0 saturated carbocycles. The Morgan fingerprint density at radius 3 is 2.30 bits per heavy atom. The van der Waals surface area contributed by atoms with Crippen LogP contribution in [0.25, 0.3) is 6.08 Å². The lowest BCUT2D eigenvalue weighted by molar-refractivity contribution is -0.113. The van der Waals surface area contributed by atoms with E-state index in [2.05, 4.69) is 26.6 Å². The fourth-order valence-corrected chi connectivity index (χ4v) is 3.50. The highest BCUT2D eigenvalue weighted by atomic mass is 79.9. The molecule has 0 atom stereocenters. The van der Waals surface area contributed by atoms with Crippen LogP contribution in [-0.2, 0) is 4.79 Å². The monoisotopic (exact) mass is 480 g/mol. The zero-order chi connectivity index (χ0) is 21.5. The van der Waals surface area contributed by atoms with E-state index in [4.69, 9.17) is 0 Å². The Morgan fingerprint density at radius 1 is 0.967 bits per heavy atom. The van der Waals surface area contributed by atoms with Gasteiger partial charge in [0.2, 0.25) is 0 Å². The molecule has 2 N–H and O–H groups in total. The van der Waals surface area contributed by atoms with E-state index in [0.717, 1.165) is 20.5 Å². The van der Waals surface area contributed by atoms with E-state index < -0.39 is 5.91 Å². The molecule has 0 aliphatic heterocycles. The third-order valence-corrected chi connectivity index (χ3v) is 5.55. The summed E-state index contributed by atoms with van der Waals surface area (Å²) >= 11 is 5.04. The molecule has 0 bridgehead atoms. The number of rotatable bonds is 6. The molecule has 4 nitrogen and oxygen atoms in total. The minimum atomic E-state index is -0.400. The SMILES string of the molecule is CSc1ccc(C=C(NC(=O)c2ccc(C)cc2)C(=O)Nc2cccc(Br)c2)cc1. The summed E-state index contributed by atoms with van der Waals surface area (Å²) in [6.45, 7) is 1.96. The van der Waals surface area contributed by atoms with Gasteiger partial charge < -0.3 is 10.6 Å². The highest BCUT2D eigenvalue weighted by molar-refractivity contribution is 9.10. The highest BCUT2D eigenvalue weighted by Gasteiger charge is 2.15. The van der Waals surface area contributed by atoms with Gasteiger partial charge in [-0.25, -0.2) is 0 Å². The van der Waals surface area contributed by atoms with Crippen LogP contribution in [-0.4, -0.2) is 18.1 Å². The number of thioether (sulfide) groups is 1. The lowest BCUT2D eigenvalue weighted by Gasteiger charge is -2.12. The second-order valence-electron chi connectivity index (χ2n) is 6.62. The van der Waals surface area contributed by atoms with Crippen molar-refractivity contribution >= 4 is 51.3 Å². The van der Waals surface area contributed by atoms with Gasteiger partial charge in [0.25, 0.3) is 11.8 Å². The molecule has 0 saturated heterocycles. The van der Waals surface area contributed by atoms with Crippen LogP contribution in [0.2, 0.25) is 0 Å². The maximum Gasteiger partial charge on any atom is 0.272 e. The molecule has 0 unspecified atom stereocenters. The Morgan fingerprint density at radius 2 is 1.67 bits per heavy atom. The molecule has 0 fully saturated rings. The summed E-state index contributed by atoms with van der Waals surface area (Å²) in [5.41, 5.74) is 3.15. The van der Waals surface area contributed by atoms with Crippen LogP contribution in [0, 0.1) is 6.92 Å². The molecule has 3 rings (SSSR count). The van der Waals surface area contributed by atoms with E-state index in [1.54, 1.807) is 42.1 Å². The third-order valence-electron chi connectivity index (χ3n) is 4.32. The standard InChI is InChI=1S/C24H21BrN2O2S/c1-16-6-10-18(11-7-16)23(28)27-22(14-17-8-12-21(30-2)13-9-17)24(29)26-20-5-3-4-19(25)15-20/h3-15H,1-2H3,(H,26,29)(H,27,28).